The van der Waals surface area contributed by atoms with Crippen LogP contribution in [0.1, 0.15) is 51.5 Å². The molecule has 0 aromatic carbocycles. The first-order valence-electron chi connectivity index (χ1n) is 7.45. The number of nitrogens with one attached hydrogen (secondary N) is 2. The van der Waals surface area contributed by atoms with Gasteiger partial charge in [-0.25, -0.2) is 4.98 Å². The first-order chi connectivity index (χ1) is 9.31. The Bertz CT molecular complexity index is 489. The van der Waals surface area contributed by atoms with Gasteiger partial charge < -0.3 is 10.3 Å². The summed E-state index contributed by atoms with van der Waals surface area (Å²) in [5, 5.41) is 4.84. The summed E-state index contributed by atoms with van der Waals surface area (Å²) in [4.78, 5) is 7.54. The van der Waals surface area contributed by atoms with Crippen molar-refractivity contribution < 1.29 is 0 Å². The predicted molar refractivity (Wildman–Crippen MR) is 81.2 cm³/mol. The van der Waals surface area contributed by atoms with Gasteiger partial charge in [0.1, 0.15) is 5.65 Å². The molecule has 2 rings (SSSR count). The highest BCUT2D eigenvalue weighted by Gasteiger charge is 2.06. The molecule has 0 radical (unpaired) electrons. The summed E-state index contributed by atoms with van der Waals surface area (Å²) in [7, 11) is 0. The summed E-state index contributed by atoms with van der Waals surface area (Å²) in [5.41, 5.74) is 2.29. The van der Waals surface area contributed by atoms with Gasteiger partial charge in [0.2, 0.25) is 0 Å². The summed E-state index contributed by atoms with van der Waals surface area (Å²) >= 11 is 0. The van der Waals surface area contributed by atoms with Crippen LogP contribution in [0.3, 0.4) is 0 Å². The molecule has 0 amide bonds. The zero-order chi connectivity index (χ0) is 13.5. The Balaban J connectivity index is 1.78. The Morgan fingerprint density at radius 1 is 1.32 bits per heavy atom. The van der Waals surface area contributed by atoms with E-state index in [9.17, 15) is 0 Å². The van der Waals surface area contributed by atoms with Crippen molar-refractivity contribution in [3.05, 3.63) is 30.1 Å². The third-order valence-electron chi connectivity index (χ3n) is 3.67. The van der Waals surface area contributed by atoms with E-state index in [4.69, 9.17) is 0 Å². The molecule has 0 fully saturated rings. The largest absolute Gasteiger partial charge is 0.346 e. The second-order valence-corrected chi connectivity index (χ2v) is 5.34. The molecule has 1 atom stereocenters. The lowest BCUT2D eigenvalue weighted by Crippen LogP contribution is -2.25. The maximum absolute atomic E-state index is 4.32. The smallest absolute Gasteiger partial charge is 0.137 e. The van der Waals surface area contributed by atoms with Crippen LogP contribution in [0.25, 0.3) is 11.0 Å². The Labute approximate surface area is 115 Å². The fourth-order valence-corrected chi connectivity index (χ4v) is 2.42. The van der Waals surface area contributed by atoms with Crippen LogP contribution in [-0.2, 0) is 6.54 Å². The van der Waals surface area contributed by atoms with E-state index in [1.54, 1.807) is 0 Å². The second kappa shape index (κ2) is 7.29. The number of rotatable bonds is 8. The van der Waals surface area contributed by atoms with E-state index < -0.39 is 0 Å². The standard InChI is InChI=1S/C16H25N3/c1-3-4-5-6-8-13(2)18-11-14-12-19-16-15(14)9-7-10-17-16/h7,9-10,12-13,18H,3-6,8,11H2,1-2H3,(H,17,19). The van der Waals surface area contributed by atoms with Crippen molar-refractivity contribution in [1.29, 1.82) is 0 Å². The number of nitrogens with zero attached hydrogens (tertiary/aromatic N) is 1. The first-order valence-corrected chi connectivity index (χ1v) is 7.45. The van der Waals surface area contributed by atoms with Crippen LogP contribution in [0.15, 0.2) is 24.5 Å². The molecule has 0 aliphatic rings. The van der Waals surface area contributed by atoms with Gasteiger partial charge in [-0.3, -0.25) is 0 Å². The number of unbranched alkanes of at least 4 members (excludes halogenated alkanes) is 3. The van der Waals surface area contributed by atoms with Crippen molar-refractivity contribution in [2.24, 2.45) is 0 Å². The Morgan fingerprint density at radius 3 is 3.05 bits per heavy atom. The van der Waals surface area contributed by atoms with E-state index in [1.807, 2.05) is 12.3 Å². The lowest BCUT2D eigenvalue weighted by Gasteiger charge is -2.13. The molecule has 0 aliphatic heterocycles. The van der Waals surface area contributed by atoms with Gasteiger partial charge in [0.25, 0.3) is 0 Å². The van der Waals surface area contributed by atoms with Crippen LogP contribution in [0.4, 0.5) is 0 Å². The van der Waals surface area contributed by atoms with Crippen LogP contribution in [0.5, 0.6) is 0 Å². The third kappa shape index (κ3) is 4.06. The number of hydrogen-bond donors (Lipinski definition) is 2. The molecule has 3 heteroatoms. The fourth-order valence-electron chi connectivity index (χ4n) is 2.42. The Hall–Kier alpha value is -1.35. The number of H-pyrrole nitrogens is 1. The van der Waals surface area contributed by atoms with E-state index in [2.05, 4.69) is 41.4 Å². The highest BCUT2D eigenvalue weighted by molar-refractivity contribution is 5.79. The summed E-state index contributed by atoms with van der Waals surface area (Å²) in [5.74, 6) is 0. The molecule has 2 aromatic heterocycles. The predicted octanol–water partition coefficient (Wildman–Crippen LogP) is 4.01. The minimum atomic E-state index is 0.582. The molecule has 0 saturated carbocycles. The summed E-state index contributed by atoms with van der Waals surface area (Å²) < 4.78 is 0. The number of fused-ring (bicyclic) bond motifs is 1. The monoisotopic (exact) mass is 259 g/mol. The highest BCUT2D eigenvalue weighted by atomic mass is 14.9. The first kappa shape index (κ1) is 14.1. The SMILES string of the molecule is CCCCCCC(C)NCc1c[nH]c2ncccc12. The van der Waals surface area contributed by atoms with E-state index in [0.29, 0.717) is 6.04 Å². The average molecular weight is 259 g/mol. The van der Waals surface area contributed by atoms with Crippen LogP contribution >= 0.6 is 0 Å². The van der Waals surface area contributed by atoms with Crippen molar-refractivity contribution in [1.82, 2.24) is 15.3 Å². The second-order valence-electron chi connectivity index (χ2n) is 5.34. The van der Waals surface area contributed by atoms with Crippen LogP contribution in [-0.4, -0.2) is 16.0 Å². The number of aromatic nitrogens is 2. The number of pyridine rings is 1. The molecular weight excluding hydrogens is 234 g/mol. The molecule has 19 heavy (non-hydrogen) atoms. The van der Waals surface area contributed by atoms with E-state index in [1.165, 1.54) is 43.1 Å². The van der Waals surface area contributed by atoms with Crippen LogP contribution in [0.2, 0.25) is 0 Å². The van der Waals surface area contributed by atoms with Gasteiger partial charge >= 0.3 is 0 Å². The Kier molecular flexibility index (Phi) is 5.40. The molecule has 0 saturated heterocycles. The minimum absolute atomic E-state index is 0.582. The lowest BCUT2D eigenvalue weighted by atomic mass is 10.1. The van der Waals surface area contributed by atoms with Gasteiger partial charge in [0.05, 0.1) is 0 Å². The zero-order valence-electron chi connectivity index (χ0n) is 12.1. The molecule has 2 heterocycles. The number of aromatic amines is 1. The normalized spacial score (nSPS) is 12.9. The zero-order valence-corrected chi connectivity index (χ0v) is 12.1. The molecule has 2 N–H and O–H groups in total. The minimum Gasteiger partial charge on any atom is -0.346 e. The number of hydrogen-bond acceptors (Lipinski definition) is 2. The van der Waals surface area contributed by atoms with E-state index in [0.717, 1.165) is 12.2 Å². The van der Waals surface area contributed by atoms with E-state index in [-0.39, 0.29) is 0 Å². The van der Waals surface area contributed by atoms with Gasteiger partial charge in [-0.2, -0.15) is 0 Å². The molecule has 0 bridgehead atoms. The molecular formula is C16H25N3. The van der Waals surface area contributed by atoms with Crippen molar-refractivity contribution >= 4 is 11.0 Å². The quantitative estimate of drug-likeness (QED) is 0.703. The third-order valence-corrected chi connectivity index (χ3v) is 3.67. The topological polar surface area (TPSA) is 40.7 Å². The van der Waals surface area contributed by atoms with Crippen molar-refractivity contribution in [2.75, 3.05) is 0 Å². The average Bonchev–Trinajstić information content (AvgIpc) is 2.85. The highest BCUT2D eigenvalue weighted by Crippen LogP contribution is 2.15. The van der Waals surface area contributed by atoms with Gasteiger partial charge in [-0.05, 0) is 31.0 Å². The van der Waals surface area contributed by atoms with Gasteiger partial charge in [0.15, 0.2) is 0 Å². The summed E-state index contributed by atoms with van der Waals surface area (Å²) in [6.45, 7) is 5.45. The Morgan fingerprint density at radius 2 is 2.21 bits per heavy atom. The van der Waals surface area contributed by atoms with Crippen molar-refractivity contribution in [2.45, 2.75) is 58.5 Å². The lowest BCUT2D eigenvalue weighted by molar-refractivity contribution is 0.483. The molecule has 0 aliphatic carbocycles. The molecule has 104 valence electrons. The fraction of sp³-hybridized carbons (Fsp3) is 0.562. The van der Waals surface area contributed by atoms with Gasteiger partial charge in [0, 0.05) is 30.4 Å². The molecule has 0 spiro atoms. The molecule has 2 aromatic rings. The summed E-state index contributed by atoms with van der Waals surface area (Å²) in [6, 6.07) is 4.70. The van der Waals surface area contributed by atoms with E-state index >= 15 is 0 Å². The maximum atomic E-state index is 4.32. The molecule has 3 nitrogen and oxygen atoms in total. The van der Waals surface area contributed by atoms with Crippen LogP contribution < -0.4 is 5.32 Å². The van der Waals surface area contributed by atoms with Crippen LogP contribution in [0, 0.1) is 0 Å². The van der Waals surface area contributed by atoms with Gasteiger partial charge in [-0.15, -0.1) is 0 Å². The molecule has 1 unspecified atom stereocenters. The summed E-state index contributed by atoms with van der Waals surface area (Å²) in [6.07, 6.45) is 10.5. The van der Waals surface area contributed by atoms with Crippen molar-refractivity contribution in [3.63, 3.8) is 0 Å². The van der Waals surface area contributed by atoms with Gasteiger partial charge in [-0.1, -0.05) is 32.6 Å². The maximum Gasteiger partial charge on any atom is 0.137 e. The van der Waals surface area contributed by atoms with Crippen molar-refractivity contribution in [3.8, 4) is 0 Å².